The van der Waals surface area contributed by atoms with Gasteiger partial charge in [-0.3, -0.25) is 4.79 Å². The minimum atomic E-state index is -4.26. The van der Waals surface area contributed by atoms with Crippen molar-refractivity contribution in [1.29, 1.82) is 0 Å². The number of sulfonamides is 1. The number of methoxy groups -OCH3 is 1. The van der Waals surface area contributed by atoms with Crippen molar-refractivity contribution in [3.63, 3.8) is 0 Å². The van der Waals surface area contributed by atoms with E-state index in [0.29, 0.717) is 5.75 Å². The smallest absolute Gasteiger partial charge is 0.244 e. The average Bonchev–Trinajstić information content (AvgIpc) is 2.78. The summed E-state index contributed by atoms with van der Waals surface area (Å²) < 4.78 is 47.3. The highest BCUT2D eigenvalue weighted by Gasteiger charge is 2.28. The van der Waals surface area contributed by atoms with Gasteiger partial charge < -0.3 is 10.1 Å². The molecule has 0 heterocycles. The lowest BCUT2D eigenvalue weighted by molar-refractivity contribution is -0.122. The Balaban J connectivity index is 1.82. The number of hydrogen-bond acceptors (Lipinski definition) is 4. The zero-order valence-electron chi connectivity index (χ0n) is 16.9. The zero-order valence-corrected chi connectivity index (χ0v) is 17.7. The molecule has 0 aromatic heterocycles. The van der Waals surface area contributed by atoms with Gasteiger partial charge in [-0.1, -0.05) is 60.7 Å². The molecule has 1 amide bonds. The molecule has 0 aliphatic rings. The molecular formula is C23H23FN2O4S. The lowest BCUT2D eigenvalue weighted by atomic mass is 10.1. The lowest BCUT2D eigenvalue weighted by Gasteiger charge is -2.19. The number of amides is 1. The van der Waals surface area contributed by atoms with E-state index in [0.717, 1.165) is 23.3 Å². The molecule has 0 aliphatic carbocycles. The third-order valence-corrected chi connectivity index (χ3v) is 6.17. The standard InChI is InChI=1S/C23H23FN2O4S/c1-30-21-13-7-5-11-18(21)16-25-23(27)20(15-17-9-3-2-4-10-17)26-31(28,29)22-14-8-6-12-19(22)24/h2-14,20,26H,15-16H2,1H3,(H,25,27)/t20-/m0/s1. The monoisotopic (exact) mass is 442 g/mol. The SMILES string of the molecule is COc1ccccc1CNC(=O)[C@H](Cc1ccccc1)NS(=O)(=O)c1ccccc1F. The number of carbonyl (C=O) groups is 1. The molecule has 0 spiro atoms. The number of halogens is 1. The number of hydrogen-bond donors (Lipinski definition) is 2. The normalized spacial score (nSPS) is 12.2. The zero-order chi connectivity index (χ0) is 22.3. The molecule has 0 unspecified atom stereocenters. The Morgan fingerprint density at radius 3 is 2.32 bits per heavy atom. The van der Waals surface area contributed by atoms with Crippen LogP contribution >= 0.6 is 0 Å². The largest absolute Gasteiger partial charge is 0.496 e. The molecule has 0 fully saturated rings. The van der Waals surface area contributed by atoms with E-state index in [9.17, 15) is 17.6 Å². The maximum Gasteiger partial charge on any atom is 0.244 e. The Kier molecular flexibility index (Phi) is 7.38. The van der Waals surface area contributed by atoms with Gasteiger partial charge in [-0.15, -0.1) is 0 Å². The van der Waals surface area contributed by atoms with E-state index in [1.807, 2.05) is 18.2 Å². The first-order valence-corrected chi connectivity index (χ1v) is 11.1. The molecule has 162 valence electrons. The molecule has 0 saturated heterocycles. The summed E-state index contributed by atoms with van der Waals surface area (Å²) in [6.45, 7) is 0.148. The second-order valence-corrected chi connectivity index (χ2v) is 8.51. The van der Waals surface area contributed by atoms with Gasteiger partial charge >= 0.3 is 0 Å². The topological polar surface area (TPSA) is 84.5 Å². The molecule has 8 heteroatoms. The number of ether oxygens (including phenoxy) is 1. The second kappa shape index (κ2) is 10.2. The van der Waals surface area contributed by atoms with E-state index < -0.39 is 32.7 Å². The molecule has 3 rings (SSSR count). The number of carbonyl (C=O) groups excluding carboxylic acids is 1. The fourth-order valence-corrected chi connectivity index (χ4v) is 4.38. The molecular weight excluding hydrogens is 419 g/mol. The summed E-state index contributed by atoms with van der Waals surface area (Å²) in [6.07, 6.45) is 0.103. The molecule has 3 aromatic rings. The van der Waals surface area contributed by atoms with Crippen molar-refractivity contribution in [3.05, 3.63) is 95.8 Å². The van der Waals surface area contributed by atoms with Crippen LogP contribution in [0.25, 0.3) is 0 Å². The maximum absolute atomic E-state index is 14.1. The molecule has 0 bridgehead atoms. The van der Waals surface area contributed by atoms with Gasteiger partial charge in [-0.25, -0.2) is 12.8 Å². The van der Waals surface area contributed by atoms with Crippen LogP contribution in [0.4, 0.5) is 4.39 Å². The van der Waals surface area contributed by atoms with Crippen LogP contribution in [0.15, 0.2) is 83.8 Å². The van der Waals surface area contributed by atoms with Crippen molar-refractivity contribution in [2.24, 2.45) is 0 Å². The number of benzene rings is 3. The molecule has 1 atom stereocenters. The molecule has 2 N–H and O–H groups in total. The Morgan fingerprint density at radius 2 is 1.61 bits per heavy atom. The van der Waals surface area contributed by atoms with Gasteiger partial charge in [0, 0.05) is 12.1 Å². The van der Waals surface area contributed by atoms with Crippen LogP contribution in [0.3, 0.4) is 0 Å². The summed E-state index contributed by atoms with van der Waals surface area (Å²) in [5, 5.41) is 2.74. The summed E-state index contributed by atoms with van der Waals surface area (Å²) in [7, 11) is -2.73. The van der Waals surface area contributed by atoms with Gasteiger partial charge in [0.05, 0.1) is 7.11 Å². The van der Waals surface area contributed by atoms with Crippen molar-refractivity contribution < 1.29 is 22.3 Å². The highest BCUT2D eigenvalue weighted by Crippen LogP contribution is 2.18. The van der Waals surface area contributed by atoms with Gasteiger partial charge in [-0.05, 0) is 30.2 Å². The first kappa shape index (κ1) is 22.5. The van der Waals surface area contributed by atoms with E-state index in [2.05, 4.69) is 10.0 Å². The minimum Gasteiger partial charge on any atom is -0.496 e. The van der Waals surface area contributed by atoms with Crippen molar-refractivity contribution in [3.8, 4) is 5.75 Å². The van der Waals surface area contributed by atoms with Crippen LogP contribution < -0.4 is 14.8 Å². The Labute approximate surface area is 181 Å². The van der Waals surface area contributed by atoms with Crippen molar-refractivity contribution >= 4 is 15.9 Å². The van der Waals surface area contributed by atoms with E-state index in [1.165, 1.54) is 19.2 Å². The third kappa shape index (κ3) is 5.90. The summed E-state index contributed by atoms with van der Waals surface area (Å²) in [5.74, 6) is -0.813. The third-order valence-electron chi connectivity index (χ3n) is 4.67. The van der Waals surface area contributed by atoms with Crippen LogP contribution in [0.2, 0.25) is 0 Å². The Hall–Kier alpha value is -3.23. The summed E-state index contributed by atoms with van der Waals surface area (Å²) >= 11 is 0. The van der Waals surface area contributed by atoms with Crippen LogP contribution in [0, 0.1) is 5.82 Å². The van der Waals surface area contributed by atoms with Crippen LogP contribution in [-0.2, 0) is 27.8 Å². The highest BCUT2D eigenvalue weighted by molar-refractivity contribution is 7.89. The fraction of sp³-hybridized carbons (Fsp3) is 0.174. The molecule has 0 saturated carbocycles. The average molecular weight is 443 g/mol. The minimum absolute atomic E-state index is 0.103. The number of para-hydroxylation sites is 1. The van der Waals surface area contributed by atoms with Gasteiger partial charge in [0.1, 0.15) is 22.5 Å². The summed E-state index contributed by atoms with van der Waals surface area (Å²) in [5.41, 5.74) is 1.50. The predicted octanol–water partition coefficient (Wildman–Crippen LogP) is 3.04. The van der Waals surface area contributed by atoms with Crippen molar-refractivity contribution in [1.82, 2.24) is 10.0 Å². The van der Waals surface area contributed by atoms with Gasteiger partial charge in [0.15, 0.2) is 0 Å². The van der Waals surface area contributed by atoms with E-state index in [-0.39, 0.29) is 13.0 Å². The first-order chi connectivity index (χ1) is 14.9. The number of nitrogens with one attached hydrogen (secondary N) is 2. The first-order valence-electron chi connectivity index (χ1n) is 9.61. The highest BCUT2D eigenvalue weighted by atomic mass is 32.2. The quantitative estimate of drug-likeness (QED) is 0.534. The van der Waals surface area contributed by atoms with E-state index >= 15 is 0 Å². The van der Waals surface area contributed by atoms with Crippen LogP contribution in [0.1, 0.15) is 11.1 Å². The Morgan fingerprint density at radius 1 is 0.968 bits per heavy atom. The van der Waals surface area contributed by atoms with Gasteiger partial charge in [-0.2, -0.15) is 4.72 Å². The molecule has 3 aromatic carbocycles. The summed E-state index contributed by atoms with van der Waals surface area (Å²) in [6, 6.07) is 20.1. The predicted molar refractivity (Wildman–Crippen MR) is 115 cm³/mol. The van der Waals surface area contributed by atoms with Gasteiger partial charge in [0.25, 0.3) is 0 Å². The van der Waals surface area contributed by atoms with Gasteiger partial charge in [0.2, 0.25) is 15.9 Å². The van der Waals surface area contributed by atoms with Crippen LogP contribution in [-0.4, -0.2) is 27.5 Å². The molecule has 6 nitrogen and oxygen atoms in total. The second-order valence-electron chi connectivity index (χ2n) is 6.82. The molecule has 31 heavy (non-hydrogen) atoms. The van der Waals surface area contributed by atoms with Crippen LogP contribution in [0.5, 0.6) is 5.75 Å². The lowest BCUT2D eigenvalue weighted by Crippen LogP contribution is -2.47. The fourth-order valence-electron chi connectivity index (χ4n) is 3.11. The summed E-state index contributed by atoms with van der Waals surface area (Å²) in [4.78, 5) is 12.4. The van der Waals surface area contributed by atoms with E-state index in [4.69, 9.17) is 4.74 Å². The van der Waals surface area contributed by atoms with Crippen molar-refractivity contribution in [2.75, 3.05) is 7.11 Å². The number of rotatable bonds is 9. The maximum atomic E-state index is 14.1. The van der Waals surface area contributed by atoms with E-state index in [1.54, 1.807) is 36.4 Å². The molecule has 0 aliphatic heterocycles. The van der Waals surface area contributed by atoms with Crippen molar-refractivity contribution in [2.45, 2.75) is 23.9 Å². The molecule has 0 radical (unpaired) electrons. The Bertz CT molecular complexity index is 1140.